The van der Waals surface area contributed by atoms with Crippen LogP contribution in [0.3, 0.4) is 0 Å². The lowest BCUT2D eigenvalue weighted by Gasteiger charge is -2.24. The number of halogens is 1. The predicted octanol–water partition coefficient (Wildman–Crippen LogP) is 2.61. The van der Waals surface area contributed by atoms with E-state index in [1.165, 1.54) is 5.56 Å². The number of primary amides is 1. The van der Waals surface area contributed by atoms with Gasteiger partial charge in [0.1, 0.15) is 0 Å². The number of hydrogen-bond acceptors (Lipinski definition) is 2. The molecule has 1 unspecified atom stereocenters. The van der Waals surface area contributed by atoms with Gasteiger partial charge in [-0.25, -0.2) is 0 Å². The summed E-state index contributed by atoms with van der Waals surface area (Å²) >= 11 is 3.40. The third-order valence-corrected chi connectivity index (χ3v) is 3.42. The lowest BCUT2D eigenvalue weighted by atomic mass is 9.92. The minimum atomic E-state index is -0.524. The fourth-order valence-corrected chi connectivity index (χ4v) is 1.63. The lowest BCUT2D eigenvalue weighted by Crippen LogP contribution is -2.41. The Labute approximate surface area is 111 Å². The highest BCUT2D eigenvalue weighted by Crippen LogP contribution is 2.19. The van der Waals surface area contributed by atoms with Gasteiger partial charge in [-0.15, -0.1) is 0 Å². The van der Waals surface area contributed by atoms with Crippen molar-refractivity contribution in [3.05, 3.63) is 34.3 Å². The van der Waals surface area contributed by atoms with Crippen LogP contribution in [-0.2, 0) is 4.79 Å². The fourth-order valence-electron chi connectivity index (χ4n) is 1.36. The molecule has 0 heterocycles. The Morgan fingerprint density at radius 2 is 1.94 bits per heavy atom. The third-order valence-electron chi connectivity index (χ3n) is 2.89. The van der Waals surface area contributed by atoms with Crippen LogP contribution in [0, 0.1) is 5.41 Å². The number of nitrogens with two attached hydrogens (primary N) is 1. The summed E-state index contributed by atoms with van der Waals surface area (Å²) in [7, 11) is 0. The summed E-state index contributed by atoms with van der Waals surface area (Å²) in [4.78, 5) is 11.2. The first-order chi connectivity index (χ1) is 7.83. The van der Waals surface area contributed by atoms with Gasteiger partial charge < -0.3 is 11.1 Å². The Hall–Kier alpha value is -0.870. The van der Waals surface area contributed by atoms with Crippen molar-refractivity contribution in [2.24, 2.45) is 11.1 Å². The van der Waals surface area contributed by atoms with Crippen LogP contribution in [-0.4, -0.2) is 12.5 Å². The molecule has 0 aliphatic carbocycles. The topological polar surface area (TPSA) is 55.1 Å². The molecular formula is C13H19BrN2O. The van der Waals surface area contributed by atoms with Crippen LogP contribution < -0.4 is 11.1 Å². The second-order valence-corrected chi connectivity index (χ2v) is 5.82. The number of rotatable bonds is 5. The Bertz CT molecular complexity index is 387. The SMILES string of the molecule is CC(NCC(C)(C)C(N)=O)c1ccc(Br)cc1. The van der Waals surface area contributed by atoms with E-state index in [4.69, 9.17) is 5.73 Å². The fraction of sp³-hybridized carbons (Fsp3) is 0.462. The van der Waals surface area contributed by atoms with Crippen molar-refractivity contribution in [3.63, 3.8) is 0 Å². The monoisotopic (exact) mass is 298 g/mol. The van der Waals surface area contributed by atoms with Gasteiger partial charge in [0, 0.05) is 17.1 Å². The molecule has 17 heavy (non-hydrogen) atoms. The highest BCUT2D eigenvalue weighted by molar-refractivity contribution is 9.10. The van der Waals surface area contributed by atoms with Gasteiger partial charge in [-0.1, -0.05) is 28.1 Å². The molecule has 1 aromatic carbocycles. The highest BCUT2D eigenvalue weighted by atomic mass is 79.9. The molecule has 3 N–H and O–H groups in total. The van der Waals surface area contributed by atoms with Crippen molar-refractivity contribution in [2.75, 3.05) is 6.54 Å². The molecule has 94 valence electrons. The van der Waals surface area contributed by atoms with Gasteiger partial charge in [0.2, 0.25) is 5.91 Å². The standard InChI is InChI=1S/C13H19BrN2O/c1-9(10-4-6-11(14)7-5-10)16-8-13(2,3)12(15)17/h4-7,9,16H,8H2,1-3H3,(H2,15,17). The molecule has 0 aliphatic rings. The van der Waals surface area contributed by atoms with Crippen LogP contribution in [0.2, 0.25) is 0 Å². The van der Waals surface area contributed by atoms with Crippen LogP contribution >= 0.6 is 15.9 Å². The van der Waals surface area contributed by atoms with Crippen LogP contribution in [0.1, 0.15) is 32.4 Å². The number of carbonyl (C=O) groups excluding carboxylic acids is 1. The van der Waals surface area contributed by atoms with Crippen LogP contribution in [0.25, 0.3) is 0 Å². The summed E-state index contributed by atoms with van der Waals surface area (Å²) in [6.07, 6.45) is 0. The number of nitrogens with one attached hydrogen (secondary N) is 1. The van der Waals surface area contributed by atoms with Gasteiger partial charge >= 0.3 is 0 Å². The van der Waals surface area contributed by atoms with Gasteiger partial charge in [0.15, 0.2) is 0 Å². The molecule has 1 rings (SSSR count). The van der Waals surface area contributed by atoms with Crippen molar-refractivity contribution < 1.29 is 4.79 Å². The lowest BCUT2D eigenvalue weighted by molar-refractivity contribution is -0.125. The molecule has 1 atom stereocenters. The quantitative estimate of drug-likeness (QED) is 0.878. The predicted molar refractivity (Wildman–Crippen MR) is 73.5 cm³/mol. The van der Waals surface area contributed by atoms with Crippen molar-refractivity contribution in [1.29, 1.82) is 0 Å². The maximum absolute atomic E-state index is 11.2. The molecule has 0 bridgehead atoms. The first-order valence-corrected chi connectivity index (χ1v) is 6.41. The molecule has 0 spiro atoms. The zero-order valence-corrected chi connectivity index (χ0v) is 12.0. The van der Waals surface area contributed by atoms with E-state index in [2.05, 4.69) is 40.3 Å². The Balaban J connectivity index is 2.58. The summed E-state index contributed by atoms with van der Waals surface area (Å²) < 4.78 is 1.06. The molecule has 0 saturated heterocycles. The Morgan fingerprint density at radius 1 is 1.41 bits per heavy atom. The first-order valence-electron chi connectivity index (χ1n) is 5.61. The average Bonchev–Trinajstić information content (AvgIpc) is 2.27. The van der Waals surface area contributed by atoms with E-state index in [0.29, 0.717) is 6.54 Å². The first kappa shape index (κ1) is 14.2. The van der Waals surface area contributed by atoms with Gasteiger partial charge in [-0.2, -0.15) is 0 Å². The molecule has 1 aromatic rings. The van der Waals surface area contributed by atoms with Gasteiger partial charge in [-0.05, 0) is 38.5 Å². The summed E-state index contributed by atoms with van der Waals surface area (Å²) in [6, 6.07) is 8.32. The zero-order chi connectivity index (χ0) is 13.1. The normalized spacial score (nSPS) is 13.4. The second-order valence-electron chi connectivity index (χ2n) is 4.90. The molecule has 3 nitrogen and oxygen atoms in total. The van der Waals surface area contributed by atoms with E-state index in [1.54, 1.807) is 0 Å². The highest BCUT2D eigenvalue weighted by Gasteiger charge is 2.25. The maximum Gasteiger partial charge on any atom is 0.224 e. The van der Waals surface area contributed by atoms with Crippen molar-refractivity contribution in [1.82, 2.24) is 5.32 Å². The molecule has 0 aromatic heterocycles. The summed E-state index contributed by atoms with van der Waals surface area (Å²) in [5.74, 6) is -0.284. The summed E-state index contributed by atoms with van der Waals surface area (Å²) in [6.45, 7) is 6.33. The molecular weight excluding hydrogens is 280 g/mol. The van der Waals surface area contributed by atoms with Crippen molar-refractivity contribution >= 4 is 21.8 Å². The van der Waals surface area contributed by atoms with Gasteiger partial charge in [0.05, 0.1) is 5.41 Å². The van der Waals surface area contributed by atoms with E-state index in [-0.39, 0.29) is 11.9 Å². The number of benzene rings is 1. The number of carbonyl (C=O) groups is 1. The largest absolute Gasteiger partial charge is 0.369 e. The van der Waals surface area contributed by atoms with Gasteiger partial charge in [-0.3, -0.25) is 4.79 Å². The summed E-state index contributed by atoms with van der Waals surface area (Å²) in [5.41, 5.74) is 5.99. The molecule has 0 aliphatic heterocycles. The number of amides is 1. The van der Waals surface area contributed by atoms with Crippen LogP contribution in [0.15, 0.2) is 28.7 Å². The minimum Gasteiger partial charge on any atom is -0.369 e. The average molecular weight is 299 g/mol. The Kier molecular flexibility index (Phi) is 4.71. The van der Waals surface area contributed by atoms with E-state index in [0.717, 1.165) is 4.47 Å². The molecule has 0 fully saturated rings. The third kappa shape index (κ3) is 4.13. The van der Waals surface area contributed by atoms with E-state index >= 15 is 0 Å². The molecule has 0 saturated carbocycles. The van der Waals surface area contributed by atoms with Crippen molar-refractivity contribution in [3.8, 4) is 0 Å². The van der Waals surface area contributed by atoms with E-state index in [1.807, 2.05) is 26.0 Å². The number of hydrogen-bond donors (Lipinski definition) is 2. The molecule has 4 heteroatoms. The van der Waals surface area contributed by atoms with E-state index in [9.17, 15) is 4.79 Å². The smallest absolute Gasteiger partial charge is 0.224 e. The second kappa shape index (κ2) is 5.65. The van der Waals surface area contributed by atoms with Crippen LogP contribution in [0.4, 0.5) is 0 Å². The zero-order valence-electron chi connectivity index (χ0n) is 10.5. The summed E-state index contributed by atoms with van der Waals surface area (Å²) in [5, 5.41) is 3.32. The van der Waals surface area contributed by atoms with E-state index < -0.39 is 5.41 Å². The Morgan fingerprint density at radius 3 is 2.41 bits per heavy atom. The maximum atomic E-state index is 11.2. The van der Waals surface area contributed by atoms with Crippen molar-refractivity contribution in [2.45, 2.75) is 26.8 Å². The minimum absolute atomic E-state index is 0.196. The molecule has 1 amide bonds. The van der Waals surface area contributed by atoms with Crippen LogP contribution in [0.5, 0.6) is 0 Å². The van der Waals surface area contributed by atoms with Gasteiger partial charge in [0.25, 0.3) is 0 Å². The molecule has 0 radical (unpaired) electrons.